The van der Waals surface area contributed by atoms with Gasteiger partial charge in [0.2, 0.25) is 5.91 Å². The maximum Gasteiger partial charge on any atom is 0.303 e. The zero-order valence-corrected chi connectivity index (χ0v) is 9.71. The van der Waals surface area contributed by atoms with Crippen molar-refractivity contribution in [1.82, 2.24) is 5.32 Å². The van der Waals surface area contributed by atoms with Crippen molar-refractivity contribution in [3.63, 3.8) is 0 Å². The number of carbonyl (C=O) groups excluding carboxylic acids is 1. The Balaban J connectivity index is 1.94. The van der Waals surface area contributed by atoms with Crippen molar-refractivity contribution in [2.45, 2.75) is 51.4 Å². The monoisotopic (exact) mass is 227 g/mol. The molecule has 0 unspecified atom stereocenters. The van der Waals surface area contributed by atoms with Crippen molar-refractivity contribution < 1.29 is 14.7 Å². The Kier molecular flexibility index (Phi) is 5.90. The van der Waals surface area contributed by atoms with Crippen molar-refractivity contribution in [3.05, 3.63) is 0 Å². The molecule has 92 valence electrons. The number of aliphatic carboxylic acids is 1. The zero-order valence-electron chi connectivity index (χ0n) is 9.71. The summed E-state index contributed by atoms with van der Waals surface area (Å²) in [7, 11) is 0. The number of amides is 1. The predicted molar refractivity (Wildman–Crippen MR) is 61.1 cm³/mol. The Labute approximate surface area is 96.4 Å². The molecule has 1 saturated carbocycles. The fourth-order valence-corrected chi connectivity index (χ4v) is 2.12. The van der Waals surface area contributed by atoms with Gasteiger partial charge in [-0.05, 0) is 25.7 Å². The predicted octanol–water partition coefficient (Wildman–Crippen LogP) is 1.94. The highest BCUT2D eigenvalue weighted by atomic mass is 16.4. The normalized spacial score (nSPS) is 16.2. The van der Waals surface area contributed by atoms with Crippen LogP contribution in [-0.4, -0.2) is 23.5 Å². The van der Waals surface area contributed by atoms with Gasteiger partial charge in [0.25, 0.3) is 0 Å². The van der Waals surface area contributed by atoms with E-state index in [2.05, 4.69) is 5.32 Å². The van der Waals surface area contributed by atoms with Crippen molar-refractivity contribution in [3.8, 4) is 0 Å². The van der Waals surface area contributed by atoms with Crippen LogP contribution in [0.25, 0.3) is 0 Å². The topological polar surface area (TPSA) is 66.4 Å². The molecule has 16 heavy (non-hydrogen) atoms. The van der Waals surface area contributed by atoms with Crippen LogP contribution in [0.5, 0.6) is 0 Å². The molecule has 0 heterocycles. The van der Waals surface area contributed by atoms with Gasteiger partial charge in [-0.15, -0.1) is 0 Å². The average molecular weight is 227 g/mol. The summed E-state index contributed by atoms with van der Waals surface area (Å²) in [5.41, 5.74) is 0. The first kappa shape index (κ1) is 13.0. The Morgan fingerprint density at radius 3 is 2.44 bits per heavy atom. The van der Waals surface area contributed by atoms with Crippen LogP contribution < -0.4 is 5.32 Å². The summed E-state index contributed by atoms with van der Waals surface area (Å²) >= 11 is 0. The minimum atomic E-state index is -0.741. The highest BCUT2D eigenvalue weighted by Crippen LogP contribution is 2.24. The Morgan fingerprint density at radius 1 is 1.12 bits per heavy atom. The van der Waals surface area contributed by atoms with Crippen molar-refractivity contribution in [2.75, 3.05) is 6.54 Å². The second kappa shape index (κ2) is 7.25. The largest absolute Gasteiger partial charge is 0.481 e. The third-order valence-electron chi connectivity index (χ3n) is 3.09. The van der Waals surface area contributed by atoms with Gasteiger partial charge < -0.3 is 10.4 Å². The number of rotatable bonds is 7. The molecule has 0 aliphatic heterocycles. The lowest BCUT2D eigenvalue weighted by molar-refractivity contribution is -0.137. The molecule has 2 N–H and O–H groups in total. The van der Waals surface area contributed by atoms with E-state index in [4.69, 9.17) is 5.11 Å². The molecule has 1 rings (SSSR count). The Bertz CT molecular complexity index is 234. The lowest BCUT2D eigenvalue weighted by atomic mass is 10.1. The first-order valence-electron chi connectivity index (χ1n) is 6.19. The molecule has 0 aromatic carbocycles. The van der Waals surface area contributed by atoms with Gasteiger partial charge in [-0.1, -0.05) is 19.3 Å². The number of unbranched alkanes of at least 4 members (excludes halogenated alkanes) is 2. The highest BCUT2D eigenvalue weighted by molar-refractivity contribution is 5.78. The van der Waals surface area contributed by atoms with E-state index in [0.717, 1.165) is 25.7 Å². The summed E-state index contributed by atoms with van der Waals surface area (Å²) in [6.45, 7) is 0.689. The number of nitrogens with one attached hydrogen (secondary N) is 1. The second-order valence-electron chi connectivity index (χ2n) is 4.48. The minimum absolute atomic E-state index is 0.190. The van der Waals surface area contributed by atoms with E-state index in [1.807, 2.05) is 0 Å². The number of carbonyl (C=O) groups is 2. The summed E-state index contributed by atoms with van der Waals surface area (Å²) in [5, 5.41) is 11.4. The van der Waals surface area contributed by atoms with Gasteiger partial charge in [-0.2, -0.15) is 0 Å². The van der Waals surface area contributed by atoms with Gasteiger partial charge in [0.1, 0.15) is 0 Å². The molecule has 1 aliphatic carbocycles. The molecule has 1 fully saturated rings. The SMILES string of the molecule is O=C(O)CCCCCNC(=O)C1CCCC1. The summed E-state index contributed by atoms with van der Waals surface area (Å²) < 4.78 is 0. The van der Waals surface area contributed by atoms with Gasteiger partial charge >= 0.3 is 5.97 Å². The molecule has 0 atom stereocenters. The molecular weight excluding hydrogens is 206 g/mol. The molecule has 0 saturated heterocycles. The third-order valence-corrected chi connectivity index (χ3v) is 3.09. The van der Waals surface area contributed by atoms with E-state index in [-0.39, 0.29) is 18.2 Å². The summed E-state index contributed by atoms with van der Waals surface area (Å²) in [6.07, 6.45) is 7.11. The Hall–Kier alpha value is -1.06. The van der Waals surface area contributed by atoms with E-state index in [9.17, 15) is 9.59 Å². The van der Waals surface area contributed by atoms with Crippen molar-refractivity contribution in [2.24, 2.45) is 5.92 Å². The maximum atomic E-state index is 11.6. The van der Waals surface area contributed by atoms with Crippen LogP contribution in [-0.2, 0) is 9.59 Å². The molecule has 4 heteroatoms. The fourth-order valence-electron chi connectivity index (χ4n) is 2.12. The molecule has 1 aliphatic rings. The average Bonchev–Trinajstić information content (AvgIpc) is 2.75. The van der Waals surface area contributed by atoms with Crippen LogP contribution in [0.3, 0.4) is 0 Å². The van der Waals surface area contributed by atoms with E-state index in [0.29, 0.717) is 13.0 Å². The van der Waals surface area contributed by atoms with Gasteiger partial charge in [-0.3, -0.25) is 9.59 Å². The molecule has 0 aromatic rings. The minimum Gasteiger partial charge on any atom is -0.481 e. The summed E-state index contributed by atoms with van der Waals surface area (Å²) in [6, 6.07) is 0. The van der Waals surface area contributed by atoms with Crippen LogP contribution in [0.15, 0.2) is 0 Å². The van der Waals surface area contributed by atoms with Crippen molar-refractivity contribution >= 4 is 11.9 Å². The lowest BCUT2D eigenvalue weighted by Gasteiger charge is -2.09. The van der Waals surface area contributed by atoms with Crippen molar-refractivity contribution in [1.29, 1.82) is 0 Å². The van der Waals surface area contributed by atoms with Crippen LogP contribution in [0.4, 0.5) is 0 Å². The molecule has 0 aromatic heterocycles. The van der Waals surface area contributed by atoms with E-state index >= 15 is 0 Å². The molecule has 4 nitrogen and oxygen atoms in total. The fraction of sp³-hybridized carbons (Fsp3) is 0.833. The Morgan fingerprint density at radius 2 is 1.81 bits per heavy atom. The van der Waals surface area contributed by atoms with Crippen LogP contribution in [0, 0.1) is 5.92 Å². The van der Waals surface area contributed by atoms with E-state index < -0.39 is 5.97 Å². The number of hydrogen-bond donors (Lipinski definition) is 2. The van der Waals surface area contributed by atoms with Gasteiger partial charge in [-0.25, -0.2) is 0 Å². The molecule has 1 amide bonds. The number of hydrogen-bond acceptors (Lipinski definition) is 2. The first-order chi connectivity index (χ1) is 7.70. The quantitative estimate of drug-likeness (QED) is 0.653. The summed E-state index contributed by atoms with van der Waals surface area (Å²) in [4.78, 5) is 21.8. The van der Waals surface area contributed by atoms with Gasteiger partial charge in [0, 0.05) is 18.9 Å². The van der Waals surface area contributed by atoms with Gasteiger partial charge in [0.15, 0.2) is 0 Å². The zero-order chi connectivity index (χ0) is 11.8. The van der Waals surface area contributed by atoms with Crippen LogP contribution >= 0.6 is 0 Å². The number of carboxylic acid groups (broad SMARTS) is 1. The smallest absolute Gasteiger partial charge is 0.303 e. The van der Waals surface area contributed by atoms with Crippen LogP contribution in [0.2, 0.25) is 0 Å². The second-order valence-corrected chi connectivity index (χ2v) is 4.48. The van der Waals surface area contributed by atoms with Gasteiger partial charge in [0.05, 0.1) is 0 Å². The lowest BCUT2D eigenvalue weighted by Crippen LogP contribution is -2.30. The van der Waals surface area contributed by atoms with E-state index in [1.165, 1.54) is 12.8 Å². The highest BCUT2D eigenvalue weighted by Gasteiger charge is 2.21. The standard InChI is InChI=1S/C12H21NO3/c14-11(15)8-2-1-5-9-13-12(16)10-6-3-4-7-10/h10H,1-9H2,(H,13,16)(H,14,15). The van der Waals surface area contributed by atoms with E-state index in [1.54, 1.807) is 0 Å². The van der Waals surface area contributed by atoms with Crippen LogP contribution in [0.1, 0.15) is 51.4 Å². The third kappa shape index (κ3) is 5.14. The maximum absolute atomic E-state index is 11.6. The first-order valence-corrected chi connectivity index (χ1v) is 6.19. The molecule has 0 bridgehead atoms. The number of carboxylic acids is 1. The molecular formula is C12H21NO3. The molecule has 0 radical (unpaired) electrons. The summed E-state index contributed by atoms with van der Waals surface area (Å²) in [5.74, 6) is -0.315. The molecule has 0 spiro atoms.